The fourth-order valence-electron chi connectivity index (χ4n) is 3.34. The van der Waals surface area contributed by atoms with Crippen LogP contribution in [0.1, 0.15) is 47.6 Å². The number of fused-ring (bicyclic) bond motifs is 1. The van der Waals surface area contributed by atoms with Crippen molar-refractivity contribution in [2.24, 2.45) is 0 Å². The standard InChI is InChI=1S/C19H27N5O2/c1-4-13(2)20-19(26)18-14(3)24(22-21-18)17-7-5-6-15-12-23(10-11-25)9-8-16(15)17/h5-7,13,25H,4,8-12H2,1-3H3,(H,20,26)/t13-/m0/s1. The molecule has 0 bridgehead atoms. The Morgan fingerprint density at radius 1 is 1.42 bits per heavy atom. The fraction of sp³-hybridized carbons (Fsp3) is 0.526. The Hall–Kier alpha value is -2.25. The molecule has 3 rings (SSSR count). The minimum absolute atomic E-state index is 0.106. The number of hydrogen-bond donors (Lipinski definition) is 2. The van der Waals surface area contributed by atoms with E-state index < -0.39 is 0 Å². The molecule has 1 atom stereocenters. The average molecular weight is 357 g/mol. The van der Waals surface area contributed by atoms with E-state index in [-0.39, 0.29) is 18.6 Å². The van der Waals surface area contributed by atoms with Crippen molar-refractivity contribution >= 4 is 5.91 Å². The number of nitrogens with zero attached hydrogens (tertiary/aromatic N) is 4. The summed E-state index contributed by atoms with van der Waals surface area (Å²) in [6.07, 6.45) is 1.76. The molecule has 0 saturated heterocycles. The number of benzene rings is 1. The van der Waals surface area contributed by atoms with Crippen LogP contribution in [0.5, 0.6) is 0 Å². The van der Waals surface area contributed by atoms with Crippen LogP contribution in [0.25, 0.3) is 5.69 Å². The molecular formula is C19H27N5O2. The van der Waals surface area contributed by atoms with E-state index in [2.05, 4.69) is 26.6 Å². The average Bonchev–Trinajstić information content (AvgIpc) is 3.02. The Balaban J connectivity index is 1.89. The largest absolute Gasteiger partial charge is 0.395 e. The topological polar surface area (TPSA) is 83.3 Å². The molecule has 1 aromatic heterocycles. The van der Waals surface area contributed by atoms with Crippen LogP contribution in [0.4, 0.5) is 0 Å². The van der Waals surface area contributed by atoms with Gasteiger partial charge in [0.15, 0.2) is 5.69 Å². The lowest BCUT2D eigenvalue weighted by Gasteiger charge is -2.29. The van der Waals surface area contributed by atoms with E-state index in [0.29, 0.717) is 12.2 Å². The maximum absolute atomic E-state index is 12.4. The zero-order valence-corrected chi connectivity index (χ0v) is 15.7. The monoisotopic (exact) mass is 357 g/mol. The van der Waals surface area contributed by atoms with E-state index in [4.69, 9.17) is 5.11 Å². The van der Waals surface area contributed by atoms with Gasteiger partial charge in [0.05, 0.1) is 18.0 Å². The molecule has 140 valence electrons. The molecule has 1 aliphatic rings. The minimum atomic E-state index is -0.179. The highest BCUT2D eigenvalue weighted by Gasteiger charge is 2.23. The lowest BCUT2D eigenvalue weighted by atomic mass is 9.97. The summed E-state index contributed by atoms with van der Waals surface area (Å²) in [5.74, 6) is -0.179. The van der Waals surface area contributed by atoms with Crippen molar-refractivity contribution in [2.75, 3.05) is 19.7 Å². The zero-order valence-electron chi connectivity index (χ0n) is 15.7. The van der Waals surface area contributed by atoms with Gasteiger partial charge in [0.25, 0.3) is 5.91 Å². The number of β-amino-alcohol motifs (C(OH)–C–C–N with tert-alkyl or cyclic N) is 1. The van der Waals surface area contributed by atoms with Crippen molar-refractivity contribution < 1.29 is 9.90 Å². The fourth-order valence-corrected chi connectivity index (χ4v) is 3.34. The van der Waals surface area contributed by atoms with Crippen molar-refractivity contribution in [2.45, 2.75) is 46.2 Å². The van der Waals surface area contributed by atoms with Crippen LogP contribution in [-0.2, 0) is 13.0 Å². The third-order valence-electron chi connectivity index (χ3n) is 5.06. The van der Waals surface area contributed by atoms with Gasteiger partial charge >= 0.3 is 0 Å². The Bertz CT molecular complexity index is 786. The van der Waals surface area contributed by atoms with E-state index in [0.717, 1.165) is 37.3 Å². The number of nitrogens with one attached hydrogen (secondary N) is 1. The first-order valence-electron chi connectivity index (χ1n) is 9.22. The van der Waals surface area contributed by atoms with Crippen LogP contribution in [-0.4, -0.2) is 56.6 Å². The Morgan fingerprint density at radius 2 is 2.23 bits per heavy atom. The van der Waals surface area contributed by atoms with Crippen molar-refractivity contribution in [3.63, 3.8) is 0 Å². The molecule has 2 aromatic rings. The second-order valence-electron chi connectivity index (χ2n) is 6.88. The van der Waals surface area contributed by atoms with E-state index in [1.165, 1.54) is 11.1 Å². The van der Waals surface area contributed by atoms with E-state index in [9.17, 15) is 4.79 Å². The zero-order chi connectivity index (χ0) is 18.7. The van der Waals surface area contributed by atoms with Gasteiger partial charge < -0.3 is 10.4 Å². The van der Waals surface area contributed by atoms with Crippen LogP contribution in [0.15, 0.2) is 18.2 Å². The third kappa shape index (κ3) is 3.64. The molecule has 2 N–H and O–H groups in total. The van der Waals surface area contributed by atoms with Gasteiger partial charge in [-0.3, -0.25) is 9.69 Å². The summed E-state index contributed by atoms with van der Waals surface area (Å²) < 4.78 is 1.77. The number of amides is 1. The number of carbonyl (C=O) groups excluding carboxylic acids is 1. The SMILES string of the molecule is CC[C@H](C)NC(=O)c1nnn(-c2cccc3c2CCN(CCO)C3)c1C. The second kappa shape index (κ2) is 7.97. The van der Waals surface area contributed by atoms with Gasteiger partial charge in [-0.25, -0.2) is 4.68 Å². The van der Waals surface area contributed by atoms with Crippen LogP contribution in [0.3, 0.4) is 0 Å². The first kappa shape index (κ1) is 18.5. The number of aliphatic hydroxyl groups excluding tert-OH is 1. The highest BCUT2D eigenvalue weighted by atomic mass is 16.3. The number of hydrogen-bond acceptors (Lipinski definition) is 5. The first-order chi connectivity index (χ1) is 12.5. The molecule has 7 heteroatoms. The van der Waals surface area contributed by atoms with Crippen molar-refractivity contribution in [3.05, 3.63) is 40.7 Å². The smallest absolute Gasteiger partial charge is 0.273 e. The first-order valence-corrected chi connectivity index (χ1v) is 9.22. The molecule has 7 nitrogen and oxygen atoms in total. The summed E-state index contributed by atoms with van der Waals surface area (Å²) in [5.41, 5.74) is 4.59. The predicted molar refractivity (Wildman–Crippen MR) is 99.4 cm³/mol. The maximum atomic E-state index is 12.4. The Morgan fingerprint density at radius 3 is 2.96 bits per heavy atom. The molecule has 0 radical (unpaired) electrons. The van der Waals surface area contributed by atoms with E-state index >= 15 is 0 Å². The molecular weight excluding hydrogens is 330 g/mol. The highest BCUT2D eigenvalue weighted by Crippen LogP contribution is 2.26. The van der Waals surface area contributed by atoms with Crippen LogP contribution < -0.4 is 5.32 Å². The molecule has 26 heavy (non-hydrogen) atoms. The number of carbonyl (C=O) groups is 1. The van der Waals surface area contributed by atoms with Crippen LogP contribution >= 0.6 is 0 Å². The van der Waals surface area contributed by atoms with Gasteiger partial charge in [0.1, 0.15) is 0 Å². The van der Waals surface area contributed by atoms with Gasteiger partial charge in [-0.2, -0.15) is 0 Å². The van der Waals surface area contributed by atoms with E-state index in [1.54, 1.807) is 4.68 Å². The molecule has 1 aromatic carbocycles. The normalized spacial score (nSPS) is 15.5. The Kier molecular flexibility index (Phi) is 5.68. The second-order valence-corrected chi connectivity index (χ2v) is 6.88. The summed E-state index contributed by atoms with van der Waals surface area (Å²) in [4.78, 5) is 14.7. The Labute approximate surface area is 154 Å². The van der Waals surface area contributed by atoms with Gasteiger partial charge in [0.2, 0.25) is 0 Å². The number of aromatic nitrogens is 3. The molecule has 1 aliphatic heterocycles. The van der Waals surface area contributed by atoms with E-state index in [1.807, 2.05) is 32.9 Å². The van der Waals surface area contributed by atoms with Crippen LogP contribution in [0.2, 0.25) is 0 Å². The summed E-state index contributed by atoms with van der Waals surface area (Å²) in [5, 5.41) is 20.5. The third-order valence-corrected chi connectivity index (χ3v) is 5.06. The summed E-state index contributed by atoms with van der Waals surface area (Å²) >= 11 is 0. The lowest BCUT2D eigenvalue weighted by molar-refractivity contribution is 0.0933. The molecule has 0 spiro atoms. The summed E-state index contributed by atoms with van der Waals surface area (Å²) in [6.45, 7) is 8.47. The van der Waals surface area contributed by atoms with Crippen molar-refractivity contribution in [3.8, 4) is 5.69 Å². The number of aliphatic hydroxyl groups is 1. The molecule has 2 heterocycles. The predicted octanol–water partition coefficient (Wildman–Crippen LogP) is 1.45. The summed E-state index contributed by atoms with van der Waals surface area (Å²) in [6, 6.07) is 6.26. The van der Waals surface area contributed by atoms with Crippen molar-refractivity contribution in [1.82, 2.24) is 25.2 Å². The quantitative estimate of drug-likeness (QED) is 0.818. The minimum Gasteiger partial charge on any atom is -0.395 e. The molecule has 0 fully saturated rings. The van der Waals surface area contributed by atoms with Gasteiger partial charge in [-0.1, -0.05) is 24.3 Å². The van der Waals surface area contributed by atoms with Crippen molar-refractivity contribution in [1.29, 1.82) is 0 Å². The summed E-state index contributed by atoms with van der Waals surface area (Å²) in [7, 11) is 0. The molecule has 0 unspecified atom stereocenters. The molecule has 0 aliphatic carbocycles. The molecule has 0 saturated carbocycles. The maximum Gasteiger partial charge on any atom is 0.273 e. The van der Waals surface area contributed by atoms with Gasteiger partial charge in [-0.15, -0.1) is 5.10 Å². The highest BCUT2D eigenvalue weighted by molar-refractivity contribution is 5.93. The van der Waals surface area contributed by atoms with Gasteiger partial charge in [0, 0.05) is 25.7 Å². The number of rotatable bonds is 6. The lowest BCUT2D eigenvalue weighted by Crippen LogP contribution is -2.33. The molecule has 1 amide bonds. The van der Waals surface area contributed by atoms with Crippen LogP contribution in [0, 0.1) is 6.92 Å². The van der Waals surface area contributed by atoms with Gasteiger partial charge in [-0.05, 0) is 43.9 Å².